The van der Waals surface area contributed by atoms with E-state index in [-0.39, 0.29) is 5.75 Å². The van der Waals surface area contributed by atoms with Crippen molar-refractivity contribution in [1.29, 1.82) is 0 Å². The normalized spacial score (nSPS) is 16.7. The van der Waals surface area contributed by atoms with Crippen molar-refractivity contribution in [2.75, 3.05) is 31.2 Å². The Bertz CT molecular complexity index is 335. The molecule has 0 amide bonds. The zero-order valence-corrected chi connectivity index (χ0v) is 8.65. The lowest BCUT2D eigenvalue weighted by molar-refractivity contribution is 0.122. The highest BCUT2D eigenvalue weighted by Crippen LogP contribution is 2.24. The van der Waals surface area contributed by atoms with Crippen molar-refractivity contribution >= 4 is 5.69 Å². The lowest BCUT2D eigenvalue weighted by Gasteiger charge is -2.29. The van der Waals surface area contributed by atoms with Crippen molar-refractivity contribution < 1.29 is 9.84 Å². The largest absolute Gasteiger partial charge is 0.508 e. The van der Waals surface area contributed by atoms with Crippen LogP contribution in [0.5, 0.6) is 5.75 Å². The van der Waals surface area contributed by atoms with Gasteiger partial charge in [0.25, 0.3) is 0 Å². The second-order valence-electron chi connectivity index (χ2n) is 3.62. The first kappa shape index (κ1) is 10.3. The molecule has 4 heteroatoms. The predicted molar refractivity (Wildman–Crippen MR) is 59.0 cm³/mol. The number of hydrogen-bond donors (Lipinski definition) is 2. The summed E-state index contributed by atoms with van der Waals surface area (Å²) in [5.74, 6) is 0.273. The second kappa shape index (κ2) is 4.51. The number of phenols is 1. The fourth-order valence-electron chi connectivity index (χ4n) is 1.75. The summed E-state index contributed by atoms with van der Waals surface area (Å²) in [6.07, 6.45) is 0. The van der Waals surface area contributed by atoms with Gasteiger partial charge in [-0.05, 0) is 18.2 Å². The van der Waals surface area contributed by atoms with Crippen molar-refractivity contribution in [2.45, 2.75) is 6.54 Å². The van der Waals surface area contributed by atoms with Crippen LogP contribution in [0.1, 0.15) is 5.56 Å². The van der Waals surface area contributed by atoms with Crippen LogP contribution in [-0.2, 0) is 11.3 Å². The SMILES string of the molecule is NCc1cc(N2CCOCC2)ccc1O. The first-order chi connectivity index (χ1) is 7.31. The Hall–Kier alpha value is -1.26. The number of aromatic hydroxyl groups is 1. The molecule has 1 aromatic rings. The molecule has 1 aliphatic rings. The van der Waals surface area contributed by atoms with Gasteiger partial charge in [0.1, 0.15) is 5.75 Å². The quantitative estimate of drug-likeness (QED) is 0.750. The number of phenolic OH excluding ortho intramolecular Hbond substituents is 1. The maximum Gasteiger partial charge on any atom is 0.120 e. The Kier molecular flexibility index (Phi) is 3.08. The number of nitrogens with two attached hydrogens (primary N) is 1. The van der Waals surface area contributed by atoms with E-state index < -0.39 is 0 Å². The van der Waals surface area contributed by atoms with E-state index in [0.29, 0.717) is 6.54 Å². The minimum atomic E-state index is 0.273. The maximum absolute atomic E-state index is 9.51. The molecule has 3 N–H and O–H groups in total. The number of nitrogens with zero attached hydrogens (tertiary/aromatic N) is 1. The van der Waals surface area contributed by atoms with Crippen molar-refractivity contribution in [2.24, 2.45) is 5.73 Å². The third-order valence-electron chi connectivity index (χ3n) is 2.66. The van der Waals surface area contributed by atoms with Crippen molar-refractivity contribution in [1.82, 2.24) is 0 Å². The molecule has 4 nitrogen and oxygen atoms in total. The summed E-state index contributed by atoms with van der Waals surface area (Å²) in [5.41, 5.74) is 7.44. The standard InChI is InChI=1S/C11H16N2O2/c12-8-9-7-10(1-2-11(9)14)13-3-5-15-6-4-13/h1-2,7,14H,3-6,8,12H2. The lowest BCUT2D eigenvalue weighted by Crippen LogP contribution is -2.36. The summed E-state index contributed by atoms with van der Waals surface area (Å²) < 4.78 is 5.29. The Morgan fingerprint density at radius 3 is 2.73 bits per heavy atom. The number of ether oxygens (including phenoxy) is 1. The zero-order valence-electron chi connectivity index (χ0n) is 8.65. The van der Waals surface area contributed by atoms with Crippen molar-refractivity contribution in [3.05, 3.63) is 23.8 Å². The van der Waals surface area contributed by atoms with Crippen LogP contribution in [0.3, 0.4) is 0 Å². The molecule has 0 aromatic heterocycles. The van der Waals surface area contributed by atoms with Gasteiger partial charge in [-0.25, -0.2) is 0 Å². The fraction of sp³-hybridized carbons (Fsp3) is 0.455. The molecule has 15 heavy (non-hydrogen) atoms. The Morgan fingerprint density at radius 1 is 1.33 bits per heavy atom. The highest BCUT2D eigenvalue weighted by Gasteiger charge is 2.12. The first-order valence-corrected chi connectivity index (χ1v) is 5.16. The highest BCUT2D eigenvalue weighted by atomic mass is 16.5. The van der Waals surface area contributed by atoms with Gasteiger partial charge in [-0.3, -0.25) is 0 Å². The second-order valence-corrected chi connectivity index (χ2v) is 3.62. The minimum absolute atomic E-state index is 0.273. The monoisotopic (exact) mass is 208 g/mol. The van der Waals surface area contributed by atoms with E-state index in [0.717, 1.165) is 37.6 Å². The molecule has 1 aliphatic heterocycles. The van der Waals surface area contributed by atoms with Crippen LogP contribution >= 0.6 is 0 Å². The molecule has 1 heterocycles. The molecular weight excluding hydrogens is 192 g/mol. The van der Waals surface area contributed by atoms with Gasteiger partial charge in [0.05, 0.1) is 13.2 Å². The van der Waals surface area contributed by atoms with Gasteiger partial charge in [0, 0.05) is 30.9 Å². The van der Waals surface area contributed by atoms with E-state index in [2.05, 4.69) is 4.90 Å². The molecule has 0 bridgehead atoms. The van der Waals surface area contributed by atoms with Crippen LogP contribution in [0.4, 0.5) is 5.69 Å². The predicted octanol–water partition coefficient (Wildman–Crippen LogP) is 0.687. The van der Waals surface area contributed by atoms with Crippen molar-refractivity contribution in [3.8, 4) is 5.75 Å². The number of hydrogen-bond acceptors (Lipinski definition) is 4. The summed E-state index contributed by atoms with van der Waals surface area (Å²) in [7, 11) is 0. The maximum atomic E-state index is 9.51. The fourth-order valence-corrected chi connectivity index (χ4v) is 1.75. The molecule has 1 aromatic carbocycles. The summed E-state index contributed by atoms with van der Waals surface area (Å²) in [5, 5.41) is 9.51. The first-order valence-electron chi connectivity index (χ1n) is 5.16. The van der Waals surface area contributed by atoms with Gasteiger partial charge in [-0.15, -0.1) is 0 Å². The van der Waals surface area contributed by atoms with Crippen LogP contribution in [0.15, 0.2) is 18.2 Å². The van der Waals surface area contributed by atoms with Gasteiger partial charge >= 0.3 is 0 Å². The Morgan fingerprint density at radius 2 is 2.07 bits per heavy atom. The van der Waals surface area contributed by atoms with Gasteiger partial charge in [0.2, 0.25) is 0 Å². The Balaban J connectivity index is 2.20. The molecule has 1 fully saturated rings. The number of morpholine rings is 1. The number of anilines is 1. The molecule has 0 radical (unpaired) electrons. The van der Waals surface area contributed by atoms with Crippen LogP contribution < -0.4 is 10.6 Å². The number of rotatable bonds is 2. The molecule has 0 spiro atoms. The van der Waals surface area contributed by atoms with E-state index in [4.69, 9.17) is 10.5 Å². The molecule has 1 saturated heterocycles. The smallest absolute Gasteiger partial charge is 0.120 e. The number of benzene rings is 1. The van der Waals surface area contributed by atoms with E-state index in [9.17, 15) is 5.11 Å². The average Bonchev–Trinajstić information content (AvgIpc) is 2.31. The van der Waals surface area contributed by atoms with E-state index in [1.165, 1.54) is 0 Å². The lowest BCUT2D eigenvalue weighted by atomic mass is 10.1. The molecule has 0 saturated carbocycles. The van der Waals surface area contributed by atoms with E-state index in [1.807, 2.05) is 12.1 Å². The molecule has 2 rings (SSSR count). The van der Waals surface area contributed by atoms with Crippen LogP contribution in [0.25, 0.3) is 0 Å². The van der Waals surface area contributed by atoms with Gasteiger partial charge in [-0.2, -0.15) is 0 Å². The zero-order chi connectivity index (χ0) is 10.7. The minimum Gasteiger partial charge on any atom is -0.508 e. The van der Waals surface area contributed by atoms with Crippen LogP contribution in [-0.4, -0.2) is 31.4 Å². The van der Waals surface area contributed by atoms with Gasteiger partial charge in [0.15, 0.2) is 0 Å². The average molecular weight is 208 g/mol. The van der Waals surface area contributed by atoms with E-state index >= 15 is 0 Å². The Labute approximate surface area is 89.3 Å². The van der Waals surface area contributed by atoms with E-state index in [1.54, 1.807) is 6.07 Å². The van der Waals surface area contributed by atoms with Crippen molar-refractivity contribution in [3.63, 3.8) is 0 Å². The molecule has 0 atom stereocenters. The summed E-state index contributed by atoms with van der Waals surface area (Å²) >= 11 is 0. The summed E-state index contributed by atoms with van der Waals surface area (Å²) in [6.45, 7) is 3.69. The van der Waals surface area contributed by atoms with Crippen LogP contribution in [0, 0.1) is 0 Å². The molecule has 0 unspecified atom stereocenters. The third kappa shape index (κ3) is 2.22. The van der Waals surface area contributed by atoms with Gasteiger partial charge < -0.3 is 20.5 Å². The molecular formula is C11H16N2O2. The topological polar surface area (TPSA) is 58.7 Å². The molecule has 82 valence electrons. The summed E-state index contributed by atoms with van der Waals surface area (Å²) in [6, 6.07) is 5.56. The molecule has 0 aliphatic carbocycles. The van der Waals surface area contributed by atoms with Crippen LogP contribution in [0.2, 0.25) is 0 Å². The highest BCUT2D eigenvalue weighted by molar-refractivity contribution is 5.53. The summed E-state index contributed by atoms with van der Waals surface area (Å²) in [4.78, 5) is 2.24. The third-order valence-corrected chi connectivity index (χ3v) is 2.66. The van der Waals surface area contributed by atoms with Gasteiger partial charge in [-0.1, -0.05) is 0 Å².